The Morgan fingerprint density at radius 3 is 2.04 bits per heavy atom. The molecule has 0 radical (unpaired) electrons. The molecule has 2 rings (SSSR count). The number of hydrogen-bond donors (Lipinski definition) is 2. The molecule has 6 nitrogen and oxygen atoms in total. The van der Waals surface area contributed by atoms with E-state index in [1.54, 1.807) is 38.5 Å². The second-order valence-corrected chi connectivity index (χ2v) is 6.52. The molecular weight excluding hydrogens is 356 g/mol. The van der Waals surface area contributed by atoms with Crippen molar-refractivity contribution in [1.82, 2.24) is 5.32 Å². The molecule has 148 valence electrons. The highest BCUT2D eigenvalue weighted by Gasteiger charge is 2.09. The average Bonchev–Trinajstić information content (AvgIpc) is 2.67. The van der Waals surface area contributed by atoms with Crippen molar-refractivity contribution in [1.29, 1.82) is 0 Å². The van der Waals surface area contributed by atoms with Crippen LogP contribution in [-0.2, 0) is 9.59 Å². The van der Waals surface area contributed by atoms with E-state index in [9.17, 15) is 9.59 Å². The maximum atomic E-state index is 12.2. The molecule has 28 heavy (non-hydrogen) atoms. The Labute approximate surface area is 165 Å². The molecule has 0 aliphatic heterocycles. The van der Waals surface area contributed by atoms with Gasteiger partial charge in [0.25, 0.3) is 0 Å². The van der Waals surface area contributed by atoms with E-state index in [2.05, 4.69) is 10.6 Å². The van der Waals surface area contributed by atoms with Gasteiger partial charge >= 0.3 is 0 Å². The highest BCUT2D eigenvalue weighted by molar-refractivity contribution is 5.98. The van der Waals surface area contributed by atoms with Gasteiger partial charge in [0, 0.05) is 17.8 Å². The lowest BCUT2D eigenvalue weighted by Crippen LogP contribution is -2.32. The van der Waals surface area contributed by atoms with E-state index < -0.39 is 0 Å². The third kappa shape index (κ3) is 5.87. The summed E-state index contributed by atoms with van der Waals surface area (Å²) >= 11 is 0. The lowest BCUT2D eigenvalue weighted by Gasteiger charge is -2.13. The number of aryl methyl sites for hydroxylation is 3. The summed E-state index contributed by atoms with van der Waals surface area (Å²) in [4.78, 5) is 24.2. The molecule has 0 saturated carbocycles. The predicted octanol–water partition coefficient (Wildman–Crippen LogP) is 3.40. The van der Waals surface area contributed by atoms with Gasteiger partial charge in [0.2, 0.25) is 11.8 Å². The molecule has 0 atom stereocenters. The monoisotopic (exact) mass is 382 g/mol. The number of anilines is 1. The van der Waals surface area contributed by atoms with Gasteiger partial charge in [-0.05, 0) is 55.7 Å². The minimum Gasteiger partial charge on any atom is -0.497 e. The number of benzene rings is 2. The summed E-state index contributed by atoms with van der Waals surface area (Å²) in [5.41, 5.74) is 4.65. The van der Waals surface area contributed by atoms with Crippen LogP contribution in [0.15, 0.2) is 36.4 Å². The summed E-state index contributed by atoms with van der Waals surface area (Å²) in [7, 11) is 3.12. The van der Waals surface area contributed by atoms with E-state index >= 15 is 0 Å². The van der Waals surface area contributed by atoms with Crippen molar-refractivity contribution in [2.75, 3.05) is 26.1 Å². The van der Waals surface area contributed by atoms with Gasteiger partial charge in [-0.3, -0.25) is 9.59 Å². The Morgan fingerprint density at radius 2 is 1.50 bits per heavy atom. The molecule has 0 bridgehead atoms. The maximum absolute atomic E-state index is 12.2. The highest BCUT2D eigenvalue weighted by atomic mass is 16.5. The third-order valence-corrected chi connectivity index (χ3v) is 4.17. The Bertz CT molecular complexity index is 858. The van der Waals surface area contributed by atoms with Crippen molar-refractivity contribution in [2.24, 2.45) is 0 Å². The van der Waals surface area contributed by atoms with Gasteiger partial charge in [-0.1, -0.05) is 17.7 Å². The summed E-state index contributed by atoms with van der Waals surface area (Å²) in [6.45, 7) is 5.78. The van der Waals surface area contributed by atoms with Crippen LogP contribution in [0.2, 0.25) is 0 Å². The minimum absolute atomic E-state index is 0.114. The molecule has 0 aliphatic rings. The van der Waals surface area contributed by atoms with E-state index in [0.717, 1.165) is 27.9 Å². The number of nitrogens with one attached hydrogen (secondary N) is 2. The first-order valence-electron chi connectivity index (χ1n) is 8.89. The van der Waals surface area contributed by atoms with Crippen molar-refractivity contribution in [3.05, 3.63) is 58.7 Å². The molecule has 0 unspecified atom stereocenters. The SMILES string of the molecule is COc1cc(/C=C/C(=O)NCC(=O)Nc2c(C)cc(C)cc2C)cc(OC)c1. The molecule has 0 spiro atoms. The summed E-state index contributed by atoms with van der Waals surface area (Å²) in [6.07, 6.45) is 3.00. The van der Waals surface area contributed by atoms with E-state index in [0.29, 0.717) is 11.5 Å². The molecule has 2 aromatic rings. The summed E-state index contributed by atoms with van der Waals surface area (Å²) in [5.74, 6) is 0.611. The van der Waals surface area contributed by atoms with Crippen molar-refractivity contribution in [2.45, 2.75) is 20.8 Å². The number of rotatable bonds is 7. The Hall–Kier alpha value is -3.28. The number of ether oxygens (including phenoxy) is 2. The molecule has 0 aromatic heterocycles. The first-order valence-corrected chi connectivity index (χ1v) is 8.89. The zero-order valence-corrected chi connectivity index (χ0v) is 16.9. The first kappa shape index (κ1) is 21.0. The van der Waals surface area contributed by atoms with Crippen LogP contribution in [0.3, 0.4) is 0 Å². The van der Waals surface area contributed by atoms with E-state index in [4.69, 9.17) is 9.47 Å². The lowest BCUT2D eigenvalue weighted by molar-refractivity contribution is -0.121. The van der Waals surface area contributed by atoms with Crippen LogP contribution in [0.5, 0.6) is 11.5 Å². The van der Waals surface area contributed by atoms with Gasteiger partial charge in [-0.2, -0.15) is 0 Å². The summed E-state index contributed by atoms with van der Waals surface area (Å²) < 4.78 is 10.4. The smallest absolute Gasteiger partial charge is 0.244 e. The maximum Gasteiger partial charge on any atom is 0.244 e. The molecule has 2 aromatic carbocycles. The van der Waals surface area contributed by atoms with Crippen LogP contribution in [-0.4, -0.2) is 32.6 Å². The number of methoxy groups -OCH3 is 2. The fourth-order valence-electron chi connectivity index (χ4n) is 2.88. The van der Waals surface area contributed by atoms with Gasteiger partial charge in [-0.25, -0.2) is 0 Å². The third-order valence-electron chi connectivity index (χ3n) is 4.17. The van der Waals surface area contributed by atoms with Gasteiger partial charge in [-0.15, -0.1) is 0 Å². The van der Waals surface area contributed by atoms with E-state index in [-0.39, 0.29) is 18.4 Å². The van der Waals surface area contributed by atoms with Gasteiger partial charge < -0.3 is 20.1 Å². The van der Waals surface area contributed by atoms with Gasteiger partial charge in [0.1, 0.15) is 11.5 Å². The number of amides is 2. The van der Waals surface area contributed by atoms with Crippen LogP contribution in [0.25, 0.3) is 6.08 Å². The second-order valence-electron chi connectivity index (χ2n) is 6.52. The summed E-state index contributed by atoms with van der Waals surface area (Å²) in [6, 6.07) is 9.32. The van der Waals surface area contributed by atoms with Crippen molar-refractivity contribution in [3.63, 3.8) is 0 Å². The van der Waals surface area contributed by atoms with Crippen LogP contribution in [0, 0.1) is 20.8 Å². The predicted molar refractivity (Wildman–Crippen MR) is 111 cm³/mol. The number of carbonyl (C=O) groups is 2. The first-order chi connectivity index (χ1) is 13.3. The molecular formula is C22H26N2O4. The van der Waals surface area contributed by atoms with Crippen LogP contribution >= 0.6 is 0 Å². The largest absolute Gasteiger partial charge is 0.497 e. The fourth-order valence-corrected chi connectivity index (χ4v) is 2.88. The van der Waals surface area contributed by atoms with Crippen LogP contribution in [0.1, 0.15) is 22.3 Å². The van der Waals surface area contributed by atoms with Crippen molar-refractivity contribution < 1.29 is 19.1 Å². The quantitative estimate of drug-likeness (QED) is 0.720. The van der Waals surface area contributed by atoms with Gasteiger partial charge in [0.15, 0.2) is 0 Å². The van der Waals surface area contributed by atoms with E-state index in [1.807, 2.05) is 32.9 Å². The van der Waals surface area contributed by atoms with Crippen molar-refractivity contribution in [3.8, 4) is 11.5 Å². The average molecular weight is 382 g/mol. The molecule has 2 amide bonds. The second kappa shape index (κ2) is 9.60. The Kier molecular flexibility index (Phi) is 7.21. The van der Waals surface area contributed by atoms with E-state index in [1.165, 1.54) is 6.08 Å². The summed E-state index contributed by atoms with van der Waals surface area (Å²) in [5, 5.41) is 5.43. The highest BCUT2D eigenvalue weighted by Crippen LogP contribution is 2.23. The zero-order chi connectivity index (χ0) is 20.7. The molecule has 0 aliphatic carbocycles. The molecule has 6 heteroatoms. The van der Waals surface area contributed by atoms with Crippen LogP contribution < -0.4 is 20.1 Å². The van der Waals surface area contributed by atoms with Crippen molar-refractivity contribution >= 4 is 23.6 Å². The topological polar surface area (TPSA) is 76.7 Å². The fraction of sp³-hybridized carbons (Fsp3) is 0.273. The van der Waals surface area contributed by atoms with Crippen LogP contribution in [0.4, 0.5) is 5.69 Å². The Morgan fingerprint density at radius 1 is 0.929 bits per heavy atom. The number of carbonyl (C=O) groups excluding carboxylic acids is 2. The normalized spacial score (nSPS) is 10.6. The number of hydrogen-bond acceptors (Lipinski definition) is 4. The molecule has 2 N–H and O–H groups in total. The molecule has 0 saturated heterocycles. The van der Waals surface area contributed by atoms with Gasteiger partial charge in [0.05, 0.1) is 20.8 Å². The minimum atomic E-state index is -0.366. The molecule has 0 heterocycles. The zero-order valence-electron chi connectivity index (χ0n) is 16.9. The Balaban J connectivity index is 1.94. The lowest BCUT2D eigenvalue weighted by atomic mass is 10.1. The molecule has 0 fully saturated rings. The standard InChI is InChI=1S/C22H26N2O4/c1-14-8-15(2)22(16(3)9-14)24-21(26)13-23-20(25)7-6-17-10-18(27-4)12-19(11-17)28-5/h6-12H,13H2,1-5H3,(H,23,25)(H,24,26)/b7-6+.